The number of rotatable bonds is 5. The highest BCUT2D eigenvalue weighted by atomic mass is 32.2. The van der Waals surface area contributed by atoms with Gasteiger partial charge in [0.15, 0.2) is 4.34 Å². The maximum absolute atomic E-state index is 12.6. The largest absolute Gasteiger partial charge is 0.477 e. The van der Waals surface area contributed by atoms with Gasteiger partial charge in [0, 0.05) is 16.9 Å². The second-order valence-electron chi connectivity index (χ2n) is 7.24. The van der Waals surface area contributed by atoms with Crippen molar-refractivity contribution in [2.45, 2.75) is 43.5 Å². The molecule has 3 heterocycles. The Morgan fingerprint density at radius 1 is 1.37 bits per heavy atom. The van der Waals surface area contributed by atoms with Gasteiger partial charge < -0.3 is 10.4 Å². The number of carboxylic acid groups (broad SMARTS) is 1. The van der Waals surface area contributed by atoms with Crippen LogP contribution in [0, 0.1) is 12.3 Å². The molecule has 27 heavy (non-hydrogen) atoms. The molecule has 2 amide bonds. The van der Waals surface area contributed by atoms with Crippen molar-refractivity contribution in [3.63, 3.8) is 0 Å². The molecule has 2 aliphatic rings. The molecule has 3 rings (SSSR count). The second-order valence-corrected chi connectivity index (χ2v) is 10.8. The fourth-order valence-corrected chi connectivity index (χ4v) is 5.94. The summed E-state index contributed by atoms with van der Waals surface area (Å²) in [6.45, 7) is 7.16. The van der Waals surface area contributed by atoms with Crippen molar-refractivity contribution < 1.29 is 19.5 Å². The molecule has 2 N–H and O–H groups in total. The maximum Gasteiger partial charge on any atom is 0.352 e. The molecule has 2 atom stereocenters. The van der Waals surface area contributed by atoms with Crippen LogP contribution in [0.3, 0.4) is 0 Å². The lowest BCUT2D eigenvalue weighted by Gasteiger charge is -2.49. The lowest BCUT2D eigenvalue weighted by molar-refractivity contribution is -0.151. The molecule has 0 saturated carbocycles. The summed E-state index contributed by atoms with van der Waals surface area (Å²) in [5.41, 5.74) is 0.0852. The number of thioether (sulfide) groups is 2. The number of nitrogens with one attached hydrogen (secondary N) is 1. The normalized spacial score (nSPS) is 22.4. The van der Waals surface area contributed by atoms with Gasteiger partial charge in [0.2, 0.25) is 5.91 Å². The van der Waals surface area contributed by atoms with E-state index in [-0.39, 0.29) is 22.9 Å². The fourth-order valence-electron chi connectivity index (χ4n) is 2.64. The van der Waals surface area contributed by atoms with Crippen LogP contribution < -0.4 is 5.32 Å². The number of nitrogens with zero attached hydrogens (tertiary/aromatic N) is 3. The third kappa shape index (κ3) is 3.99. The SMILES string of the molecule is Cc1nnc(SCC2=C(C(=O)O)N3C(=O)[C@@H](NC(=O)C(C)(C)C)[C@H]3SC2)s1. The number of hydrogen-bond donors (Lipinski definition) is 2. The van der Waals surface area contributed by atoms with Gasteiger partial charge in [-0.05, 0) is 12.5 Å². The van der Waals surface area contributed by atoms with E-state index in [1.807, 2.05) is 6.92 Å². The minimum absolute atomic E-state index is 0.0266. The van der Waals surface area contributed by atoms with E-state index in [9.17, 15) is 19.5 Å². The number of carbonyl (C=O) groups excluding carboxylic acids is 2. The van der Waals surface area contributed by atoms with E-state index < -0.39 is 17.4 Å². The number of hydrogen-bond acceptors (Lipinski definition) is 8. The number of fused-ring (bicyclic) bond motifs is 1. The average molecular weight is 429 g/mol. The smallest absolute Gasteiger partial charge is 0.352 e. The summed E-state index contributed by atoms with van der Waals surface area (Å²) in [6.07, 6.45) is 0. The molecule has 8 nitrogen and oxygen atoms in total. The van der Waals surface area contributed by atoms with Crippen LogP contribution in [0.4, 0.5) is 0 Å². The Labute approximate surface area is 169 Å². The lowest BCUT2D eigenvalue weighted by Crippen LogP contribution is -2.71. The number of β-lactam (4-membered cyclic amide) rings is 1. The number of carbonyl (C=O) groups is 3. The molecule has 1 aromatic rings. The molecule has 11 heteroatoms. The molecule has 1 saturated heterocycles. The summed E-state index contributed by atoms with van der Waals surface area (Å²) in [5, 5.41) is 20.9. The number of aromatic nitrogens is 2. The van der Waals surface area contributed by atoms with Crippen LogP contribution in [0.15, 0.2) is 15.6 Å². The first-order chi connectivity index (χ1) is 12.6. The number of carboxylic acids is 1. The molecular weight excluding hydrogens is 408 g/mol. The van der Waals surface area contributed by atoms with Crippen LogP contribution in [0.2, 0.25) is 0 Å². The average Bonchev–Trinajstić information content (AvgIpc) is 3.00. The van der Waals surface area contributed by atoms with E-state index >= 15 is 0 Å². The van der Waals surface area contributed by atoms with Gasteiger partial charge in [-0.2, -0.15) is 0 Å². The first kappa shape index (κ1) is 20.2. The third-order valence-electron chi connectivity index (χ3n) is 4.09. The fraction of sp³-hybridized carbons (Fsp3) is 0.562. The van der Waals surface area contributed by atoms with Crippen LogP contribution in [0.5, 0.6) is 0 Å². The summed E-state index contributed by atoms with van der Waals surface area (Å²) in [4.78, 5) is 37.9. The van der Waals surface area contributed by atoms with Gasteiger partial charge in [-0.15, -0.1) is 22.0 Å². The summed E-state index contributed by atoms with van der Waals surface area (Å²) in [6, 6.07) is -0.684. The van der Waals surface area contributed by atoms with Crippen molar-refractivity contribution in [1.29, 1.82) is 0 Å². The van der Waals surface area contributed by atoms with Crippen molar-refractivity contribution in [1.82, 2.24) is 20.4 Å². The zero-order valence-corrected chi connectivity index (χ0v) is 17.8. The van der Waals surface area contributed by atoms with Crippen molar-refractivity contribution in [3.8, 4) is 0 Å². The Hall–Kier alpha value is -1.59. The Bertz CT molecular complexity index is 830. The highest BCUT2D eigenvalue weighted by molar-refractivity contribution is 8.01. The van der Waals surface area contributed by atoms with E-state index in [4.69, 9.17) is 0 Å². The molecule has 2 aliphatic heterocycles. The molecule has 0 bridgehead atoms. The van der Waals surface area contributed by atoms with Crippen LogP contribution >= 0.6 is 34.9 Å². The van der Waals surface area contributed by atoms with Gasteiger partial charge in [-0.1, -0.05) is 43.9 Å². The van der Waals surface area contributed by atoms with Crippen molar-refractivity contribution >= 4 is 52.6 Å². The van der Waals surface area contributed by atoms with Gasteiger partial charge in [-0.25, -0.2) is 4.79 Å². The van der Waals surface area contributed by atoms with Crippen molar-refractivity contribution in [2.24, 2.45) is 5.41 Å². The van der Waals surface area contributed by atoms with E-state index in [0.717, 1.165) is 9.35 Å². The molecule has 1 fully saturated rings. The number of aryl methyl sites for hydroxylation is 1. The van der Waals surface area contributed by atoms with Gasteiger partial charge in [-0.3, -0.25) is 14.5 Å². The minimum Gasteiger partial charge on any atom is -0.477 e. The monoisotopic (exact) mass is 428 g/mol. The Kier molecular flexibility index (Phi) is 5.55. The van der Waals surface area contributed by atoms with E-state index in [2.05, 4.69) is 15.5 Å². The molecule has 1 aromatic heterocycles. The molecular formula is C16H20N4O4S3. The minimum atomic E-state index is -1.13. The zero-order valence-electron chi connectivity index (χ0n) is 15.3. The Balaban J connectivity index is 1.75. The Morgan fingerprint density at radius 2 is 2.07 bits per heavy atom. The van der Waals surface area contributed by atoms with Gasteiger partial charge in [0.1, 0.15) is 22.1 Å². The second kappa shape index (κ2) is 7.44. The summed E-state index contributed by atoms with van der Waals surface area (Å²) < 4.78 is 0.766. The lowest BCUT2D eigenvalue weighted by atomic mass is 9.94. The quantitative estimate of drug-likeness (QED) is 0.539. The zero-order chi connectivity index (χ0) is 19.9. The summed E-state index contributed by atoms with van der Waals surface area (Å²) in [7, 11) is 0. The van der Waals surface area contributed by atoms with Crippen molar-refractivity contribution in [2.75, 3.05) is 11.5 Å². The predicted molar refractivity (Wildman–Crippen MR) is 105 cm³/mol. The van der Waals surface area contributed by atoms with Crippen LogP contribution in [-0.2, 0) is 14.4 Å². The maximum atomic E-state index is 12.6. The van der Waals surface area contributed by atoms with Crippen LogP contribution in [-0.4, -0.2) is 60.9 Å². The summed E-state index contributed by atoms with van der Waals surface area (Å²) in [5.74, 6) is -0.814. The summed E-state index contributed by atoms with van der Waals surface area (Å²) >= 11 is 4.33. The highest BCUT2D eigenvalue weighted by Crippen LogP contribution is 2.42. The predicted octanol–water partition coefficient (Wildman–Crippen LogP) is 1.72. The van der Waals surface area contributed by atoms with Gasteiger partial charge >= 0.3 is 5.97 Å². The molecule has 0 aliphatic carbocycles. The topological polar surface area (TPSA) is 112 Å². The van der Waals surface area contributed by atoms with Gasteiger partial charge in [0.05, 0.1) is 0 Å². The van der Waals surface area contributed by atoms with Crippen LogP contribution in [0.25, 0.3) is 0 Å². The first-order valence-electron chi connectivity index (χ1n) is 8.23. The first-order valence-corrected chi connectivity index (χ1v) is 11.1. The molecule has 0 spiro atoms. The number of amides is 2. The third-order valence-corrected chi connectivity index (χ3v) is 7.49. The van der Waals surface area contributed by atoms with Crippen LogP contribution in [0.1, 0.15) is 25.8 Å². The molecule has 0 unspecified atom stereocenters. The van der Waals surface area contributed by atoms with E-state index in [0.29, 0.717) is 17.1 Å². The van der Waals surface area contributed by atoms with Crippen molar-refractivity contribution in [3.05, 3.63) is 16.3 Å². The standard InChI is InChI=1S/C16H20N4O4S3/c1-7-18-19-15(27-7)26-6-8-5-25-12-9(17-14(24)16(2,3)4)11(21)20(12)10(8)13(22)23/h9,12H,5-6H2,1-4H3,(H,17,24)(H,22,23)/t9-,12-/m1/s1. The molecule has 0 aromatic carbocycles. The Morgan fingerprint density at radius 3 is 2.63 bits per heavy atom. The molecule has 0 radical (unpaired) electrons. The molecule has 146 valence electrons. The highest BCUT2D eigenvalue weighted by Gasteiger charge is 2.54. The van der Waals surface area contributed by atoms with Gasteiger partial charge in [0.25, 0.3) is 5.91 Å². The number of aliphatic carboxylic acids is 1. The van der Waals surface area contributed by atoms with E-state index in [1.54, 1.807) is 20.8 Å². The van der Waals surface area contributed by atoms with E-state index in [1.165, 1.54) is 39.8 Å².